The standard InChI is InChI=1S/C3H6P.W/c1-2-3-4;/h1-2H,3-4H2;/q-1;. The van der Waals surface area contributed by atoms with Gasteiger partial charge in [-0.25, -0.2) is 0 Å². The number of allylic oxidation sites excluding steroid dienone is 1. The van der Waals surface area contributed by atoms with E-state index in [1.807, 2.05) is 0 Å². The summed E-state index contributed by atoms with van der Waals surface area (Å²) in [5, 5.41) is 0. The van der Waals surface area contributed by atoms with E-state index in [2.05, 4.69) is 9.24 Å². The largest absolute Gasteiger partial charge is 0.518 e. The SMILES string of the molecule is [CH-]=CCP.[W]. The number of rotatable bonds is 1. The molecule has 0 spiro atoms. The maximum Gasteiger partial charge on any atom is 0 e. The van der Waals surface area contributed by atoms with Crippen LogP contribution in [0.5, 0.6) is 0 Å². The molecule has 2 heteroatoms. The number of hydrogen-bond donors (Lipinski definition) is 0. The Kier molecular flexibility index (Phi) is 16.4. The minimum absolute atomic E-state index is 0. The van der Waals surface area contributed by atoms with Crippen LogP contribution in [0.3, 0.4) is 0 Å². The van der Waals surface area contributed by atoms with E-state index in [9.17, 15) is 0 Å². The average molecular weight is 257 g/mol. The van der Waals surface area contributed by atoms with Gasteiger partial charge in [0.2, 0.25) is 0 Å². The van der Waals surface area contributed by atoms with Crippen LogP contribution >= 0.6 is 9.24 Å². The van der Waals surface area contributed by atoms with E-state index in [1.54, 1.807) is 6.08 Å². The summed E-state index contributed by atoms with van der Waals surface area (Å²) in [7, 11) is 2.47. The Bertz CT molecular complexity index is 20.9. The molecule has 0 saturated carbocycles. The summed E-state index contributed by atoms with van der Waals surface area (Å²) in [5.74, 6) is 0. The fourth-order valence-electron chi connectivity index (χ4n) is 0. The second kappa shape index (κ2) is 8.85. The van der Waals surface area contributed by atoms with Crippen LogP contribution in [0, 0.1) is 6.58 Å². The first-order valence-corrected chi connectivity index (χ1v) is 1.97. The molecular weight excluding hydrogens is 251 g/mol. The van der Waals surface area contributed by atoms with Crippen molar-refractivity contribution < 1.29 is 21.1 Å². The van der Waals surface area contributed by atoms with Crippen molar-refractivity contribution in [1.29, 1.82) is 0 Å². The van der Waals surface area contributed by atoms with Crippen molar-refractivity contribution in [2.24, 2.45) is 0 Å². The van der Waals surface area contributed by atoms with Gasteiger partial charge in [0.25, 0.3) is 0 Å². The van der Waals surface area contributed by atoms with E-state index in [0.29, 0.717) is 0 Å². The molecule has 1 atom stereocenters. The fraction of sp³-hybridized carbons (Fsp3) is 0.333. The zero-order valence-electron chi connectivity index (χ0n) is 2.85. The van der Waals surface area contributed by atoms with Crippen molar-refractivity contribution in [1.82, 2.24) is 0 Å². The van der Waals surface area contributed by atoms with Crippen LogP contribution in [0.25, 0.3) is 0 Å². The molecule has 5 heavy (non-hydrogen) atoms. The molecule has 0 bridgehead atoms. The second-order valence-corrected chi connectivity index (χ2v) is 0.943. The molecule has 0 heterocycles. The Balaban J connectivity index is 0. The van der Waals surface area contributed by atoms with Gasteiger partial charge in [-0.2, -0.15) is 0 Å². The molecule has 0 aliphatic heterocycles. The van der Waals surface area contributed by atoms with E-state index in [1.165, 1.54) is 0 Å². The van der Waals surface area contributed by atoms with Crippen LogP contribution in [-0.2, 0) is 21.1 Å². The minimum Gasteiger partial charge on any atom is -0.518 e. The predicted octanol–water partition coefficient (Wildman–Crippen LogP) is 0.848. The summed E-state index contributed by atoms with van der Waals surface area (Å²) in [6, 6.07) is 0. The molecule has 0 aromatic carbocycles. The molecule has 0 N–H and O–H groups in total. The van der Waals surface area contributed by atoms with Gasteiger partial charge < -0.3 is 6.58 Å². The molecule has 0 nitrogen and oxygen atoms in total. The van der Waals surface area contributed by atoms with Crippen LogP contribution in [0.4, 0.5) is 0 Å². The summed E-state index contributed by atoms with van der Waals surface area (Å²) < 4.78 is 0. The van der Waals surface area contributed by atoms with Crippen LogP contribution in [0.2, 0.25) is 0 Å². The summed E-state index contributed by atoms with van der Waals surface area (Å²) in [5.41, 5.74) is 0. The van der Waals surface area contributed by atoms with Gasteiger partial charge in [-0.3, -0.25) is 6.08 Å². The van der Waals surface area contributed by atoms with E-state index < -0.39 is 0 Å². The summed E-state index contributed by atoms with van der Waals surface area (Å²) >= 11 is 0. The molecule has 0 fully saturated rings. The molecule has 0 rings (SSSR count). The Labute approximate surface area is 49.5 Å². The van der Waals surface area contributed by atoms with E-state index in [-0.39, 0.29) is 21.1 Å². The molecule has 0 aliphatic carbocycles. The Hall–Kier alpha value is 0.858. The first-order valence-electron chi connectivity index (χ1n) is 1.15. The molecule has 0 radical (unpaired) electrons. The van der Waals surface area contributed by atoms with Crippen molar-refractivity contribution in [3.8, 4) is 0 Å². The molecule has 0 aliphatic rings. The van der Waals surface area contributed by atoms with Gasteiger partial charge in [-0.05, 0) is 0 Å². The first-order chi connectivity index (χ1) is 1.91. The maximum atomic E-state index is 4.88. The quantitative estimate of drug-likeness (QED) is 0.482. The molecule has 0 saturated heterocycles. The van der Waals surface area contributed by atoms with E-state index >= 15 is 0 Å². The smallest absolute Gasteiger partial charge is 0 e. The third-order valence-corrected chi connectivity index (χ3v) is 0.408. The average Bonchev–Trinajstić information content (AvgIpc) is 1.37. The molecule has 0 amide bonds. The maximum absolute atomic E-state index is 4.88. The molecule has 0 aromatic heterocycles. The fourth-order valence-corrected chi connectivity index (χ4v) is 0. The second-order valence-electron chi connectivity index (χ2n) is 0.471. The zero-order valence-corrected chi connectivity index (χ0v) is 6.94. The Morgan fingerprint density at radius 1 is 1.80 bits per heavy atom. The number of hydrogen-bond acceptors (Lipinski definition) is 0. The van der Waals surface area contributed by atoms with Crippen molar-refractivity contribution in [3.05, 3.63) is 12.7 Å². The normalized spacial score (nSPS) is 5.00. The third kappa shape index (κ3) is 11.5. The van der Waals surface area contributed by atoms with Crippen molar-refractivity contribution in [2.75, 3.05) is 6.16 Å². The van der Waals surface area contributed by atoms with Gasteiger partial charge in [-0.1, -0.05) is 6.16 Å². The monoisotopic (exact) mass is 257 g/mol. The summed E-state index contributed by atoms with van der Waals surface area (Å²) in [6.45, 7) is 4.88. The van der Waals surface area contributed by atoms with Gasteiger partial charge in [0.05, 0.1) is 0 Å². The van der Waals surface area contributed by atoms with Gasteiger partial charge in [0, 0.05) is 21.1 Å². The van der Waals surface area contributed by atoms with E-state index in [0.717, 1.165) is 6.16 Å². The predicted molar refractivity (Wildman–Crippen MR) is 23.4 cm³/mol. The zero-order chi connectivity index (χ0) is 3.41. The first kappa shape index (κ1) is 9.29. The van der Waals surface area contributed by atoms with Crippen molar-refractivity contribution in [3.63, 3.8) is 0 Å². The molecular formula is C3H6PW-. The molecule has 30 valence electrons. The van der Waals surface area contributed by atoms with Crippen LogP contribution in [-0.4, -0.2) is 6.16 Å². The minimum atomic E-state index is 0. The van der Waals surface area contributed by atoms with E-state index in [4.69, 9.17) is 6.58 Å². The Morgan fingerprint density at radius 2 is 2.00 bits per heavy atom. The third-order valence-electron chi connectivity index (χ3n) is 0.136. The van der Waals surface area contributed by atoms with Gasteiger partial charge in [0.1, 0.15) is 0 Å². The van der Waals surface area contributed by atoms with Gasteiger partial charge in [-0.15, -0.1) is 9.24 Å². The van der Waals surface area contributed by atoms with Crippen LogP contribution in [0.1, 0.15) is 0 Å². The van der Waals surface area contributed by atoms with Crippen molar-refractivity contribution >= 4 is 9.24 Å². The summed E-state index contributed by atoms with van der Waals surface area (Å²) in [6.07, 6.45) is 2.48. The molecule has 0 aromatic rings. The van der Waals surface area contributed by atoms with Gasteiger partial charge in [0.15, 0.2) is 0 Å². The molecule has 1 unspecified atom stereocenters. The van der Waals surface area contributed by atoms with Crippen molar-refractivity contribution in [2.45, 2.75) is 0 Å². The Morgan fingerprint density at radius 3 is 2.00 bits per heavy atom. The summed E-state index contributed by atoms with van der Waals surface area (Å²) in [4.78, 5) is 0. The van der Waals surface area contributed by atoms with Crippen LogP contribution in [0.15, 0.2) is 6.08 Å². The van der Waals surface area contributed by atoms with Crippen LogP contribution < -0.4 is 0 Å². The topological polar surface area (TPSA) is 0 Å². The van der Waals surface area contributed by atoms with Gasteiger partial charge >= 0.3 is 0 Å².